The van der Waals surface area contributed by atoms with Gasteiger partial charge in [-0.1, -0.05) is 6.92 Å². The Bertz CT molecular complexity index is 1280. The van der Waals surface area contributed by atoms with Crippen molar-refractivity contribution < 1.29 is 15.0 Å². The summed E-state index contributed by atoms with van der Waals surface area (Å²) in [6.45, 7) is 3.58. The summed E-state index contributed by atoms with van der Waals surface area (Å²) in [7, 11) is 3.26. The van der Waals surface area contributed by atoms with E-state index in [0.717, 1.165) is 0 Å². The number of hydrogen-bond acceptors (Lipinski definition) is 8. The molecule has 6 atom stereocenters. The van der Waals surface area contributed by atoms with Crippen LogP contribution in [0.25, 0.3) is 11.2 Å². The molecule has 5 rings (SSSR count). The topological polar surface area (TPSA) is 154 Å². The number of aliphatic hydroxyl groups excluding tert-OH is 1. The molecule has 11 nitrogen and oxygen atoms in total. The first-order valence-electron chi connectivity index (χ1n) is 10.3. The van der Waals surface area contributed by atoms with Gasteiger partial charge in [-0.3, -0.25) is 9.89 Å². The van der Waals surface area contributed by atoms with Crippen LogP contribution >= 0.6 is 0 Å². The maximum absolute atomic E-state index is 12.5. The summed E-state index contributed by atoms with van der Waals surface area (Å²) in [5.74, 6) is 5.73. The van der Waals surface area contributed by atoms with Crippen molar-refractivity contribution in [2.75, 3.05) is 19.4 Å². The number of fused-ring (bicyclic) bond motifs is 2. The van der Waals surface area contributed by atoms with Gasteiger partial charge in [0.25, 0.3) is 0 Å². The largest absolute Gasteiger partial charge is 0.389 e. The van der Waals surface area contributed by atoms with E-state index in [0.29, 0.717) is 22.7 Å². The van der Waals surface area contributed by atoms with Gasteiger partial charge in [0.2, 0.25) is 11.7 Å². The van der Waals surface area contributed by atoms with E-state index in [-0.39, 0.29) is 23.6 Å². The van der Waals surface area contributed by atoms with Crippen molar-refractivity contribution in [3.63, 3.8) is 0 Å². The van der Waals surface area contributed by atoms with Gasteiger partial charge in [0.15, 0.2) is 17.0 Å². The number of anilines is 1. The number of H-pyrrole nitrogens is 1. The molecule has 11 heteroatoms. The minimum absolute atomic E-state index is 0.268. The van der Waals surface area contributed by atoms with Gasteiger partial charge in [0, 0.05) is 26.2 Å². The fourth-order valence-electron chi connectivity index (χ4n) is 5.32. The number of amides is 1. The molecule has 5 N–H and O–H groups in total. The second-order valence-corrected chi connectivity index (χ2v) is 8.60. The molecule has 0 saturated heterocycles. The van der Waals surface area contributed by atoms with Crippen molar-refractivity contribution in [3.05, 3.63) is 30.1 Å². The van der Waals surface area contributed by atoms with Crippen LogP contribution in [0.5, 0.6) is 0 Å². The van der Waals surface area contributed by atoms with Crippen LogP contribution in [0.15, 0.2) is 18.6 Å². The lowest BCUT2D eigenvalue weighted by Crippen LogP contribution is -2.51. The van der Waals surface area contributed by atoms with Gasteiger partial charge in [0.05, 0.1) is 23.9 Å². The Morgan fingerprint density at radius 3 is 2.69 bits per heavy atom. The molecule has 0 aromatic carbocycles. The lowest BCUT2D eigenvalue weighted by Gasteiger charge is -2.35. The Hall–Kier alpha value is -3.49. The van der Waals surface area contributed by atoms with Crippen LogP contribution in [0.3, 0.4) is 0 Å². The number of nitrogens with one attached hydrogen (secondary N) is 3. The van der Waals surface area contributed by atoms with E-state index in [9.17, 15) is 15.0 Å². The normalized spacial score (nSPS) is 32.8. The maximum Gasteiger partial charge on any atom is 0.228 e. The fourth-order valence-corrected chi connectivity index (χ4v) is 5.32. The van der Waals surface area contributed by atoms with E-state index in [1.807, 2.05) is 6.92 Å². The first-order valence-corrected chi connectivity index (χ1v) is 10.3. The van der Waals surface area contributed by atoms with Crippen molar-refractivity contribution in [2.24, 2.45) is 17.3 Å². The van der Waals surface area contributed by atoms with Crippen molar-refractivity contribution in [1.29, 1.82) is 0 Å². The van der Waals surface area contributed by atoms with Gasteiger partial charge >= 0.3 is 0 Å². The molecule has 0 spiro atoms. The molecule has 3 aromatic rings. The Balaban J connectivity index is 1.57. The smallest absolute Gasteiger partial charge is 0.228 e. The summed E-state index contributed by atoms with van der Waals surface area (Å²) in [6.07, 6.45) is 1.96. The number of nitrogens with zero attached hydrogens (tertiary/aromatic N) is 5. The molecule has 0 aliphatic heterocycles. The van der Waals surface area contributed by atoms with Gasteiger partial charge in [-0.15, -0.1) is 0 Å². The molecule has 3 heterocycles. The summed E-state index contributed by atoms with van der Waals surface area (Å²) in [5.41, 5.74) is -0.894. The highest BCUT2D eigenvalue weighted by Crippen LogP contribution is 2.72. The third-order valence-corrected chi connectivity index (χ3v) is 7.21. The molecule has 3 aromatic heterocycles. The first kappa shape index (κ1) is 20.4. The second-order valence-electron chi connectivity index (χ2n) is 8.60. The van der Waals surface area contributed by atoms with E-state index < -0.39 is 23.2 Å². The lowest BCUT2D eigenvalue weighted by atomic mass is 9.73. The SMILES string of the molecule is CNC(=O)C1(C)[C@H](C)[C@H]2C(n3cnc4c(NC)nc(C#Cc5ccn[nH]5)nc43)[C@@]2(O)[C@@H]1O. The Kier molecular flexibility index (Phi) is 4.31. The number of rotatable bonds is 3. The van der Waals surface area contributed by atoms with Crippen LogP contribution in [-0.2, 0) is 4.79 Å². The van der Waals surface area contributed by atoms with E-state index in [1.165, 1.54) is 7.05 Å². The molecule has 2 aliphatic rings. The number of imidazole rings is 1. The Labute approximate surface area is 183 Å². The van der Waals surface area contributed by atoms with Crippen molar-refractivity contribution >= 4 is 22.9 Å². The van der Waals surface area contributed by atoms with Gasteiger partial charge in [-0.05, 0) is 30.7 Å². The van der Waals surface area contributed by atoms with Crippen LogP contribution in [-0.4, -0.2) is 71.6 Å². The van der Waals surface area contributed by atoms with E-state index >= 15 is 0 Å². The maximum atomic E-state index is 12.5. The first-order chi connectivity index (χ1) is 15.3. The molecule has 2 unspecified atom stereocenters. The summed E-state index contributed by atoms with van der Waals surface area (Å²) in [6, 6.07) is 1.27. The van der Waals surface area contributed by atoms with Gasteiger partial charge in [0.1, 0.15) is 11.3 Å². The Morgan fingerprint density at radius 1 is 1.31 bits per heavy atom. The molecular formula is C21H24N8O3. The van der Waals surface area contributed by atoms with Crippen LogP contribution in [0.4, 0.5) is 5.82 Å². The number of aromatic amines is 1. The number of carbonyl (C=O) groups excluding carboxylic acids is 1. The third kappa shape index (κ3) is 2.47. The summed E-state index contributed by atoms with van der Waals surface area (Å²) < 4.78 is 1.76. The fraction of sp³-hybridized carbons (Fsp3) is 0.476. The molecule has 2 aliphatic carbocycles. The number of aromatic nitrogens is 6. The standard InChI is InChI=1S/C21H24N8O3/c1-10-13-15(21(13,32)18(30)20(10,2)19(31)23-4)29-9-24-14-16(22-3)26-12(27-17(14)29)6-5-11-7-8-25-28-11/h7-10,13,15,18,30,32H,1-4H3,(H,23,31)(H,25,28)(H,22,26,27)/t10-,13+,15?,18-,20?,21-/m1/s1. The van der Waals surface area contributed by atoms with Gasteiger partial charge < -0.3 is 25.4 Å². The average Bonchev–Trinajstić information content (AvgIpc) is 3.20. The number of carbonyl (C=O) groups is 1. The van der Waals surface area contributed by atoms with Crippen molar-refractivity contribution in [1.82, 2.24) is 35.0 Å². The lowest BCUT2D eigenvalue weighted by molar-refractivity contribution is -0.144. The molecule has 2 fully saturated rings. The highest BCUT2D eigenvalue weighted by atomic mass is 16.4. The molecule has 2 saturated carbocycles. The average molecular weight is 436 g/mol. The van der Waals surface area contributed by atoms with Crippen LogP contribution < -0.4 is 10.6 Å². The van der Waals surface area contributed by atoms with E-state index in [4.69, 9.17) is 0 Å². The van der Waals surface area contributed by atoms with Crippen LogP contribution in [0, 0.1) is 29.1 Å². The predicted octanol–water partition coefficient (Wildman–Crippen LogP) is -0.344. The number of aliphatic hydroxyl groups is 2. The zero-order chi connectivity index (χ0) is 22.8. The minimum Gasteiger partial charge on any atom is -0.389 e. The molecule has 0 radical (unpaired) electrons. The molecular weight excluding hydrogens is 412 g/mol. The Morgan fingerprint density at radius 2 is 2.09 bits per heavy atom. The number of hydrogen-bond donors (Lipinski definition) is 5. The summed E-state index contributed by atoms with van der Waals surface area (Å²) in [5, 5.41) is 34.7. The molecule has 32 heavy (non-hydrogen) atoms. The van der Waals surface area contributed by atoms with Crippen LogP contribution in [0.1, 0.15) is 31.4 Å². The molecule has 0 bridgehead atoms. The quantitative estimate of drug-likeness (QED) is 0.349. The van der Waals surface area contributed by atoms with Gasteiger partial charge in [-0.25, -0.2) is 15.0 Å². The highest BCUT2D eigenvalue weighted by Gasteiger charge is 2.82. The van der Waals surface area contributed by atoms with Crippen LogP contribution in [0.2, 0.25) is 0 Å². The zero-order valence-corrected chi connectivity index (χ0v) is 18.1. The molecule has 1 amide bonds. The summed E-state index contributed by atoms with van der Waals surface area (Å²) in [4.78, 5) is 25.9. The zero-order valence-electron chi connectivity index (χ0n) is 18.1. The minimum atomic E-state index is -1.46. The van der Waals surface area contributed by atoms with Gasteiger partial charge in [-0.2, -0.15) is 5.10 Å². The second kappa shape index (κ2) is 6.75. The molecule has 166 valence electrons. The summed E-state index contributed by atoms with van der Waals surface area (Å²) >= 11 is 0. The monoisotopic (exact) mass is 436 g/mol. The van der Waals surface area contributed by atoms with E-state index in [1.54, 1.807) is 37.1 Å². The van der Waals surface area contributed by atoms with Crippen molar-refractivity contribution in [3.8, 4) is 11.8 Å². The van der Waals surface area contributed by atoms with E-state index in [2.05, 4.69) is 47.6 Å². The predicted molar refractivity (Wildman–Crippen MR) is 114 cm³/mol. The third-order valence-electron chi connectivity index (χ3n) is 7.21. The highest BCUT2D eigenvalue weighted by molar-refractivity contribution is 5.85. The van der Waals surface area contributed by atoms with Crippen molar-refractivity contribution in [2.45, 2.75) is 31.6 Å².